The van der Waals surface area contributed by atoms with Gasteiger partial charge in [-0.1, -0.05) is 19.1 Å². The molecule has 5 nitrogen and oxygen atoms in total. The van der Waals surface area contributed by atoms with Crippen LogP contribution in [0.15, 0.2) is 36.7 Å². The molecule has 0 aliphatic rings. The van der Waals surface area contributed by atoms with E-state index in [0.717, 1.165) is 12.2 Å². The fourth-order valence-electron chi connectivity index (χ4n) is 1.39. The van der Waals surface area contributed by atoms with Gasteiger partial charge >= 0.3 is 0 Å². The Kier molecular flexibility index (Phi) is 3.52. The van der Waals surface area contributed by atoms with Crippen LogP contribution in [0.5, 0.6) is 11.6 Å². The molecular formula is C12H14N4O. The molecule has 2 aromatic rings. The summed E-state index contributed by atoms with van der Waals surface area (Å²) >= 11 is 0. The Morgan fingerprint density at radius 3 is 2.65 bits per heavy atom. The van der Waals surface area contributed by atoms with E-state index in [0.29, 0.717) is 11.7 Å². The molecule has 0 spiro atoms. The van der Waals surface area contributed by atoms with Crippen LogP contribution in [-0.4, -0.2) is 9.97 Å². The molecule has 1 aromatic heterocycles. The second kappa shape index (κ2) is 5.27. The number of hydrogen-bond donors (Lipinski definition) is 2. The highest BCUT2D eigenvalue weighted by atomic mass is 16.5. The number of rotatable bonds is 4. The lowest BCUT2D eigenvalue weighted by atomic mass is 10.2. The molecular weight excluding hydrogens is 216 g/mol. The summed E-state index contributed by atoms with van der Waals surface area (Å²) in [5.74, 6) is 6.96. The van der Waals surface area contributed by atoms with Crippen LogP contribution in [0, 0.1) is 0 Å². The molecule has 88 valence electrons. The van der Waals surface area contributed by atoms with E-state index >= 15 is 0 Å². The SMILES string of the molecule is CCc1ccc(Oc2cc(NN)ncn2)cc1. The number of anilines is 1. The third-order valence-electron chi connectivity index (χ3n) is 2.34. The number of aromatic nitrogens is 2. The lowest BCUT2D eigenvalue weighted by Crippen LogP contribution is -2.08. The number of hydrogen-bond acceptors (Lipinski definition) is 5. The van der Waals surface area contributed by atoms with E-state index in [2.05, 4.69) is 22.3 Å². The van der Waals surface area contributed by atoms with Crippen molar-refractivity contribution < 1.29 is 4.74 Å². The normalized spacial score (nSPS) is 10.0. The summed E-state index contributed by atoms with van der Waals surface area (Å²) in [6.45, 7) is 2.11. The van der Waals surface area contributed by atoms with Crippen molar-refractivity contribution in [3.63, 3.8) is 0 Å². The first kappa shape index (κ1) is 11.3. The third kappa shape index (κ3) is 2.92. The Morgan fingerprint density at radius 2 is 2.00 bits per heavy atom. The number of nitrogens with zero attached hydrogens (tertiary/aromatic N) is 2. The van der Waals surface area contributed by atoms with Gasteiger partial charge < -0.3 is 10.2 Å². The van der Waals surface area contributed by atoms with Crippen LogP contribution < -0.4 is 16.0 Å². The molecule has 5 heteroatoms. The number of nitrogens with one attached hydrogen (secondary N) is 1. The smallest absolute Gasteiger partial charge is 0.224 e. The van der Waals surface area contributed by atoms with E-state index < -0.39 is 0 Å². The summed E-state index contributed by atoms with van der Waals surface area (Å²) in [5, 5.41) is 0. The van der Waals surface area contributed by atoms with Crippen LogP contribution in [0.1, 0.15) is 12.5 Å². The molecule has 1 heterocycles. The van der Waals surface area contributed by atoms with Crippen molar-refractivity contribution in [1.82, 2.24) is 9.97 Å². The first-order valence-electron chi connectivity index (χ1n) is 5.37. The minimum absolute atomic E-state index is 0.456. The molecule has 0 saturated heterocycles. The van der Waals surface area contributed by atoms with E-state index in [9.17, 15) is 0 Å². The summed E-state index contributed by atoms with van der Waals surface area (Å²) in [5.41, 5.74) is 3.71. The van der Waals surface area contributed by atoms with Gasteiger partial charge in [0.2, 0.25) is 5.88 Å². The van der Waals surface area contributed by atoms with E-state index in [1.165, 1.54) is 11.9 Å². The maximum atomic E-state index is 5.57. The third-order valence-corrected chi connectivity index (χ3v) is 2.34. The van der Waals surface area contributed by atoms with Gasteiger partial charge in [-0.05, 0) is 24.1 Å². The van der Waals surface area contributed by atoms with Gasteiger partial charge in [-0.25, -0.2) is 15.8 Å². The Morgan fingerprint density at radius 1 is 1.24 bits per heavy atom. The van der Waals surface area contributed by atoms with Gasteiger partial charge in [0.15, 0.2) is 0 Å². The largest absolute Gasteiger partial charge is 0.439 e. The van der Waals surface area contributed by atoms with Crippen LogP contribution >= 0.6 is 0 Å². The molecule has 0 unspecified atom stereocenters. The van der Waals surface area contributed by atoms with Crippen molar-refractivity contribution in [3.8, 4) is 11.6 Å². The van der Waals surface area contributed by atoms with Crippen molar-refractivity contribution in [1.29, 1.82) is 0 Å². The molecule has 0 atom stereocenters. The highest BCUT2D eigenvalue weighted by Crippen LogP contribution is 2.20. The Bertz CT molecular complexity index is 484. The molecule has 0 radical (unpaired) electrons. The average Bonchev–Trinajstić information content (AvgIpc) is 2.40. The number of benzene rings is 1. The molecule has 2 rings (SSSR count). The van der Waals surface area contributed by atoms with E-state index in [-0.39, 0.29) is 0 Å². The molecule has 0 fully saturated rings. The maximum Gasteiger partial charge on any atom is 0.224 e. The van der Waals surface area contributed by atoms with Crippen LogP contribution in [-0.2, 0) is 6.42 Å². The molecule has 1 aromatic carbocycles. The van der Waals surface area contributed by atoms with Crippen molar-refractivity contribution in [2.75, 3.05) is 5.43 Å². The van der Waals surface area contributed by atoms with Gasteiger partial charge in [-0.15, -0.1) is 0 Å². The summed E-state index contributed by atoms with van der Waals surface area (Å²) < 4.78 is 5.57. The zero-order chi connectivity index (χ0) is 12.1. The highest BCUT2D eigenvalue weighted by molar-refractivity contribution is 5.38. The number of nitrogens with two attached hydrogens (primary N) is 1. The maximum absolute atomic E-state index is 5.57. The minimum Gasteiger partial charge on any atom is -0.439 e. The van der Waals surface area contributed by atoms with Crippen LogP contribution in [0.3, 0.4) is 0 Å². The predicted molar refractivity (Wildman–Crippen MR) is 65.7 cm³/mol. The standard InChI is InChI=1S/C12H14N4O/c1-2-9-3-5-10(6-4-9)17-12-7-11(16-13)14-8-15-12/h3-8H,2,13H2,1H3,(H,14,15,16). The zero-order valence-corrected chi connectivity index (χ0v) is 9.55. The van der Waals surface area contributed by atoms with E-state index in [1.807, 2.05) is 24.3 Å². The molecule has 17 heavy (non-hydrogen) atoms. The van der Waals surface area contributed by atoms with E-state index in [1.54, 1.807) is 6.07 Å². The second-order valence-corrected chi connectivity index (χ2v) is 3.49. The number of nitrogen functional groups attached to an aromatic ring is 1. The second-order valence-electron chi connectivity index (χ2n) is 3.49. The first-order valence-corrected chi connectivity index (χ1v) is 5.37. The summed E-state index contributed by atoms with van der Waals surface area (Å²) in [4.78, 5) is 7.90. The predicted octanol–water partition coefficient (Wildman–Crippen LogP) is 2.12. The van der Waals surface area contributed by atoms with Gasteiger partial charge in [0, 0.05) is 6.07 Å². The Hall–Kier alpha value is -2.14. The summed E-state index contributed by atoms with van der Waals surface area (Å²) in [7, 11) is 0. The average molecular weight is 230 g/mol. The lowest BCUT2D eigenvalue weighted by molar-refractivity contribution is 0.461. The molecule has 0 aliphatic carbocycles. The number of hydrazine groups is 1. The van der Waals surface area contributed by atoms with Gasteiger partial charge in [-0.3, -0.25) is 0 Å². The summed E-state index contributed by atoms with van der Waals surface area (Å²) in [6, 6.07) is 9.51. The topological polar surface area (TPSA) is 73.1 Å². The fourth-order valence-corrected chi connectivity index (χ4v) is 1.39. The molecule has 0 amide bonds. The zero-order valence-electron chi connectivity index (χ0n) is 9.55. The van der Waals surface area contributed by atoms with Crippen molar-refractivity contribution in [2.24, 2.45) is 5.84 Å². The molecule has 0 aliphatic heterocycles. The van der Waals surface area contributed by atoms with Gasteiger partial charge in [0.25, 0.3) is 0 Å². The number of ether oxygens (including phenoxy) is 1. The fraction of sp³-hybridized carbons (Fsp3) is 0.167. The first-order chi connectivity index (χ1) is 8.31. The van der Waals surface area contributed by atoms with Crippen molar-refractivity contribution in [2.45, 2.75) is 13.3 Å². The Balaban J connectivity index is 2.13. The monoisotopic (exact) mass is 230 g/mol. The molecule has 0 bridgehead atoms. The van der Waals surface area contributed by atoms with Crippen molar-refractivity contribution >= 4 is 5.82 Å². The molecule has 3 N–H and O–H groups in total. The molecule has 0 saturated carbocycles. The quantitative estimate of drug-likeness (QED) is 0.621. The van der Waals surface area contributed by atoms with Crippen LogP contribution in [0.2, 0.25) is 0 Å². The minimum atomic E-state index is 0.456. The number of aryl methyl sites for hydroxylation is 1. The van der Waals surface area contributed by atoms with Gasteiger partial charge in [0.05, 0.1) is 0 Å². The Labute approximate surface area is 99.6 Å². The van der Waals surface area contributed by atoms with Gasteiger partial charge in [0.1, 0.15) is 17.9 Å². The van der Waals surface area contributed by atoms with E-state index in [4.69, 9.17) is 10.6 Å². The van der Waals surface area contributed by atoms with Crippen LogP contribution in [0.4, 0.5) is 5.82 Å². The van der Waals surface area contributed by atoms with Gasteiger partial charge in [-0.2, -0.15) is 0 Å². The van der Waals surface area contributed by atoms with Crippen molar-refractivity contribution in [3.05, 3.63) is 42.2 Å². The lowest BCUT2D eigenvalue weighted by Gasteiger charge is -2.06. The summed E-state index contributed by atoms with van der Waals surface area (Å²) in [6.07, 6.45) is 2.40. The van der Waals surface area contributed by atoms with Crippen LogP contribution in [0.25, 0.3) is 0 Å². The highest BCUT2D eigenvalue weighted by Gasteiger charge is 2.00.